The molecule has 0 aliphatic rings. The van der Waals surface area contributed by atoms with Crippen molar-refractivity contribution in [2.45, 2.75) is 6.92 Å². The van der Waals surface area contributed by atoms with Crippen LogP contribution in [0.3, 0.4) is 0 Å². The van der Waals surface area contributed by atoms with Gasteiger partial charge in [0.2, 0.25) is 5.91 Å². The van der Waals surface area contributed by atoms with Gasteiger partial charge in [-0.1, -0.05) is 0 Å². The molecule has 0 saturated carbocycles. The molecule has 2 N–H and O–H groups in total. The van der Waals surface area contributed by atoms with E-state index in [1.165, 1.54) is 6.07 Å². The molecule has 1 amide bonds. The molecule has 0 aliphatic carbocycles. The van der Waals surface area contributed by atoms with Crippen LogP contribution in [0, 0.1) is 24.1 Å². The summed E-state index contributed by atoms with van der Waals surface area (Å²) >= 11 is 3.07. The summed E-state index contributed by atoms with van der Waals surface area (Å²) in [6.07, 6.45) is 0. The number of nitriles is 1. The van der Waals surface area contributed by atoms with E-state index < -0.39 is 0 Å². The van der Waals surface area contributed by atoms with E-state index in [1.807, 2.05) is 6.07 Å². The van der Waals surface area contributed by atoms with E-state index in [0.717, 1.165) is 0 Å². The first-order valence-corrected chi connectivity index (χ1v) is 5.67. The molecule has 17 heavy (non-hydrogen) atoms. The summed E-state index contributed by atoms with van der Waals surface area (Å²) in [5.41, 5.74) is 1.38. The topological polar surface area (TPSA) is 64.9 Å². The summed E-state index contributed by atoms with van der Waals surface area (Å²) in [5.74, 6) is -0.631. The second-order valence-electron chi connectivity index (χ2n) is 3.37. The molecule has 0 radical (unpaired) electrons. The molecular formula is C11H11BrFN3O. The van der Waals surface area contributed by atoms with E-state index in [0.29, 0.717) is 15.7 Å². The van der Waals surface area contributed by atoms with Crippen molar-refractivity contribution < 1.29 is 9.18 Å². The Hall–Kier alpha value is -1.61. The van der Waals surface area contributed by atoms with Crippen LogP contribution in [0.5, 0.6) is 0 Å². The van der Waals surface area contributed by atoms with Gasteiger partial charge >= 0.3 is 0 Å². The van der Waals surface area contributed by atoms with Crippen LogP contribution in [0.15, 0.2) is 16.6 Å². The Morgan fingerprint density at radius 2 is 2.29 bits per heavy atom. The highest BCUT2D eigenvalue weighted by Crippen LogP contribution is 2.23. The van der Waals surface area contributed by atoms with Gasteiger partial charge in [-0.25, -0.2) is 4.39 Å². The van der Waals surface area contributed by atoms with Crippen molar-refractivity contribution >= 4 is 27.5 Å². The Balaban J connectivity index is 2.61. The van der Waals surface area contributed by atoms with Crippen molar-refractivity contribution in [2.24, 2.45) is 0 Å². The van der Waals surface area contributed by atoms with Crippen molar-refractivity contribution in [1.82, 2.24) is 5.32 Å². The number of nitrogens with one attached hydrogen (secondary N) is 2. The number of halogens is 2. The molecule has 0 aliphatic heterocycles. The molecule has 0 bridgehead atoms. The predicted molar refractivity (Wildman–Crippen MR) is 65.9 cm³/mol. The highest BCUT2D eigenvalue weighted by Gasteiger charge is 2.06. The van der Waals surface area contributed by atoms with Gasteiger partial charge in [0.15, 0.2) is 0 Å². The molecular weight excluding hydrogens is 289 g/mol. The molecule has 0 fully saturated rings. The first-order chi connectivity index (χ1) is 8.04. The number of rotatable bonds is 4. The number of anilines is 1. The van der Waals surface area contributed by atoms with Crippen LogP contribution in [0.25, 0.3) is 0 Å². The lowest BCUT2D eigenvalue weighted by molar-refractivity contribution is -0.119. The number of benzene rings is 1. The number of aryl methyl sites for hydroxylation is 1. The third kappa shape index (κ3) is 4.04. The summed E-state index contributed by atoms with van der Waals surface area (Å²) in [5, 5.41) is 13.5. The number of nitrogens with zero attached hydrogens (tertiary/aromatic N) is 1. The molecule has 1 aromatic carbocycles. The summed E-state index contributed by atoms with van der Waals surface area (Å²) in [4.78, 5) is 11.2. The summed E-state index contributed by atoms with van der Waals surface area (Å²) in [7, 11) is 0. The van der Waals surface area contributed by atoms with E-state index in [2.05, 4.69) is 26.6 Å². The van der Waals surface area contributed by atoms with Gasteiger partial charge in [-0.15, -0.1) is 0 Å². The third-order valence-electron chi connectivity index (χ3n) is 2.07. The average Bonchev–Trinajstić information content (AvgIpc) is 2.29. The minimum atomic E-state index is -0.345. The molecule has 0 saturated heterocycles. The molecule has 0 aromatic heterocycles. The number of carbonyl (C=O) groups is 1. The molecule has 1 aromatic rings. The van der Waals surface area contributed by atoms with E-state index in [1.54, 1.807) is 13.0 Å². The minimum absolute atomic E-state index is 0.0212. The smallest absolute Gasteiger partial charge is 0.240 e. The van der Waals surface area contributed by atoms with Crippen molar-refractivity contribution in [2.75, 3.05) is 18.4 Å². The summed E-state index contributed by atoms with van der Waals surface area (Å²) < 4.78 is 13.5. The monoisotopic (exact) mass is 299 g/mol. The van der Waals surface area contributed by atoms with Gasteiger partial charge in [0.1, 0.15) is 12.4 Å². The lowest BCUT2D eigenvalue weighted by Crippen LogP contribution is -2.30. The maximum atomic E-state index is 13.1. The Kier molecular flexibility index (Phi) is 4.91. The van der Waals surface area contributed by atoms with Gasteiger partial charge in [0.25, 0.3) is 0 Å². The maximum Gasteiger partial charge on any atom is 0.240 e. The van der Waals surface area contributed by atoms with Gasteiger partial charge in [0, 0.05) is 5.69 Å². The molecule has 1 rings (SSSR count). The number of hydrogen-bond donors (Lipinski definition) is 2. The zero-order chi connectivity index (χ0) is 12.8. The van der Waals surface area contributed by atoms with Crippen LogP contribution in [-0.4, -0.2) is 19.0 Å². The van der Waals surface area contributed by atoms with Crippen LogP contribution >= 0.6 is 15.9 Å². The Bertz CT molecular complexity index is 471. The van der Waals surface area contributed by atoms with Crippen molar-refractivity contribution in [1.29, 1.82) is 5.26 Å². The first kappa shape index (κ1) is 13.5. The molecule has 0 unspecified atom stereocenters. The lowest BCUT2D eigenvalue weighted by atomic mass is 10.2. The zero-order valence-electron chi connectivity index (χ0n) is 9.18. The van der Waals surface area contributed by atoms with Crippen LogP contribution in [0.2, 0.25) is 0 Å². The van der Waals surface area contributed by atoms with E-state index in [4.69, 9.17) is 5.26 Å². The van der Waals surface area contributed by atoms with Crippen LogP contribution in [0.4, 0.5) is 10.1 Å². The fraction of sp³-hybridized carbons (Fsp3) is 0.273. The van der Waals surface area contributed by atoms with E-state index in [9.17, 15) is 9.18 Å². The second kappa shape index (κ2) is 6.21. The molecule has 0 heterocycles. The average molecular weight is 300 g/mol. The van der Waals surface area contributed by atoms with Gasteiger partial charge < -0.3 is 10.6 Å². The predicted octanol–water partition coefficient (Wildman–Crippen LogP) is 1.95. The lowest BCUT2D eigenvalue weighted by Gasteiger charge is -2.10. The van der Waals surface area contributed by atoms with Crippen molar-refractivity contribution in [3.05, 3.63) is 28.0 Å². The number of amides is 1. The summed E-state index contributed by atoms with van der Waals surface area (Å²) in [6.45, 7) is 1.76. The normalized spacial score (nSPS) is 9.53. The standard InChI is InChI=1S/C11H11BrFN3O/c1-7-4-9(13)8(12)5-10(7)16-6-11(17)15-3-2-14/h4-5,16H,3,6H2,1H3,(H,15,17). The van der Waals surface area contributed by atoms with Gasteiger partial charge in [-0.2, -0.15) is 5.26 Å². The molecule has 4 nitrogen and oxygen atoms in total. The van der Waals surface area contributed by atoms with Crippen LogP contribution in [0.1, 0.15) is 5.56 Å². The fourth-order valence-corrected chi connectivity index (χ4v) is 1.56. The third-order valence-corrected chi connectivity index (χ3v) is 2.68. The van der Waals surface area contributed by atoms with Gasteiger partial charge in [-0.05, 0) is 40.5 Å². The van der Waals surface area contributed by atoms with Crippen LogP contribution in [-0.2, 0) is 4.79 Å². The molecule has 0 spiro atoms. The van der Waals surface area contributed by atoms with Crippen LogP contribution < -0.4 is 10.6 Å². The molecule has 90 valence electrons. The first-order valence-electron chi connectivity index (χ1n) is 4.87. The zero-order valence-corrected chi connectivity index (χ0v) is 10.8. The SMILES string of the molecule is Cc1cc(F)c(Br)cc1NCC(=O)NCC#N. The highest BCUT2D eigenvalue weighted by molar-refractivity contribution is 9.10. The van der Waals surface area contributed by atoms with Crippen molar-refractivity contribution in [3.63, 3.8) is 0 Å². The minimum Gasteiger partial charge on any atom is -0.376 e. The number of carbonyl (C=O) groups excluding carboxylic acids is 1. The van der Waals surface area contributed by atoms with Gasteiger partial charge in [-0.3, -0.25) is 4.79 Å². The number of hydrogen-bond acceptors (Lipinski definition) is 3. The molecule has 0 atom stereocenters. The molecule has 6 heteroatoms. The van der Waals surface area contributed by atoms with E-state index >= 15 is 0 Å². The summed E-state index contributed by atoms with van der Waals surface area (Å²) in [6, 6.07) is 4.75. The Morgan fingerprint density at radius 3 is 2.94 bits per heavy atom. The highest BCUT2D eigenvalue weighted by atomic mass is 79.9. The second-order valence-corrected chi connectivity index (χ2v) is 4.22. The van der Waals surface area contributed by atoms with Crippen molar-refractivity contribution in [3.8, 4) is 6.07 Å². The fourth-order valence-electron chi connectivity index (χ4n) is 1.21. The van der Waals surface area contributed by atoms with E-state index in [-0.39, 0.29) is 24.8 Å². The largest absolute Gasteiger partial charge is 0.376 e. The Morgan fingerprint density at radius 1 is 1.59 bits per heavy atom. The maximum absolute atomic E-state index is 13.1. The van der Waals surface area contributed by atoms with Gasteiger partial charge in [0.05, 0.1) is 17.1 Å². The quantitative estimate of drug-likeness (QED) is 0.835. The Labute approximate surface area is 107 Å².